The average Bonchev–Trinajstić information content (AvgIpc) is 2.34. The lowest BCUT2D eigenvalue weighted by Gasteiger charge is -2.35. The molecule has 3 heteroatoms. The first-order chi connectivity index (χ1) is 8.45. The highest BCUT2D eigenvalue weighted by atomic mass is 16.3. The molecule has 0 bridgehead atoms. The van der Waals surface area contributed by atoms with Crippen molar-refractivity contribution in [2.75, 3.05) is 0 Å². The second-order valence-corrected chi connectivity index (χ2v) is 6.32. The van der Waals surface area contributed by atoms with E-state index in [0.29, 0.717) is 11.8 Å². The van der Waals surface area contributed by atoms with Crippen molar-refractivity contribution in [2.45, 2.75) is 78.2 Å². The van der Waals surface area contributed by atoms with Crippen LogP contribution < -0.4 is 5.32 Å². The largest absolute Gasteiger partial charge is 0.392 e. The molecule has 0 spiro atoms. The first-order valence-electron chi connectivity index (χ1n) is 7.57. The molecule has 0 aromatic rings. The van der Waals surface area contributed by atoms with E-state index in [1.54, 1.807) is 6.92 Å². The molecule has 3 N–H and O–H groups in total. The van der Waals surface area contributed by atoms with Crippen LogP contribution in [0, 0.1) is 17.8 Å². The minimum atomic E-state index is -0.471. The Morgan fingerprint density at radius 1 is 1.17 bits per heavy atom. The third kappa shape index (κ3) is 4.52. The molecule has 1 fully saturated rings. The summed E-state index contributed by atoms with van der Waals surface area (Å²) in [5, 5.41) is 23.3. The summed E-state index contributed by atoms with van der Waals surface area (Å²) in [6.07, 6.45) is 5.08. The highest BCUT2D eigenvalue weighted by molar-refractivity contribution is 4.82. The molecule has 0 radical (unpaired) electrons. The summed E-state index contributed by atoms with van der Waals surface area (Å²) in [6.45, 7) is 8.18. The van der Waals surface area contributed by atoms with Gasteiger partial charge in [-0.3, -0.25) is 5.32 Å². The molecule has 0 aromatic heterocycles. The summed E-state index contributed by atoms with van der Waals surface area (Å²) in [5.41, 5.74) is 0. The van der Waals surface area contributed by atoms with Gasteiger partial charge in [0.1, 0.15) is 6.23 Å². The lowest BCUT2D eigenvalue weighted by Crippen LogP contribution is -2.50. The van der Waals surface area contributed by atoms with E-state index in [9.17, 15) is 10.2 Å². The molecular formula is C15H31NO2. The maximum atomic E-state index is 10.3. The minimum Gasteiger partial charge on any atom is -0.392 e. The summed E-state index contributed by atoms with van der Waals surface area (Å²) < 4.78 is 0. The van der Waals surface area contributed by atoms with Crippen molar-refractivity contribution in [1.82, 2.24) is 5.32 Å². The van der Waals surface area contributed by atoms with E-state index in [0.717, 1.165) is 18.8 Å². The normalized spacial score (nSPS) is 30.2. The van der Waals surface area contributed by atoms with Crippen LogP contribution >= 0.6 is 0 Å². The van der Waals surface area contributed by atoms with Crippen LogP contribution in [0.4, 0.5) is 0 Å². The van der Waals surface area contributed by atoms with Gasteiger partial charge in [0.2, 0.25) is 0 Å². The summed E-state index contributed by atoms with van der Waals surface area (Å²) in [7, 11) is 0. The molecule has 1 aliphatic rings. The molecule has 108 valence electrons. The van der Waals surface area contributed by atoms with Crippen molar-refractivity contribution in [1.29, 1.82) is 0 Å². The Morgan fingerprint density at radius 3 is 2.33 bits per heavy atom. The lowest BCUT2D eigenvalue weighted by atomic mass is 9.79. The van der Waals surface area contributed by atoms with Crippen LogP contribution in [-0.4, -0.2) is 28.6 Å². The molecule has 0 heterocycles. The van der Waals surface area contributed by atoms with Crippen LogP contribution in [0.1, 0.15) is 59.8 Å². The molecule has 5 atom stereocenters. The Kier molecular flexibility index (Phi) is 6.61. The summed E-state index contributed by atoms with van der Waals surface area (Å²) in [5.74, 6) is 1.44. The van der Waals surface area contributed by atoms with Crippen LogP contribution in [0.15, 0.2) is 0 Å². The Morgan fingerprint density at radius 2 is 1.83 bits per heavy atom. The number of aliphatic hydroxyl groups excluding tert-OH is 2. The van der Waals surface area contributed by atoms with Gasteiger partial charge >= 0.3 is 0 Å². The quantitative estimate of drug-likeness (QED) is 0.641. The lowest BCUT2D eigenvalue weighted by molar-refractivity contribution is 0.00407. The molecule has 0 amide bonds. The molecule has 1 rings (SSSR count). The fraction of sp³-hybridized carbons (Fsp3) is 1.00. The zero-order valence-corrected chi connectivity index (χ0v) is 12.4. The summed E-state index contributed by atoms with van der Waals surface area (Å²) >= 11 is 0. The van der Waals surface area contributed by atoms with Crippen molar-refractivity contribution in [3.8, 4) is 0 Å². The smallest absolute Gasteiger partial charge is 0.108 e. The monoisotopic (exact) mass is 257 g/mol. The summed E-state index contributed by atoms with van der Waals surface area (Å²) in [6, 6.07) is -0.0259. The van der Waals surface area contributed by atoms with Crippen LogP contribution in [0.25, 0.3) is 0 Å². The van der Waals surface area contributed by atoms with E-state index in [1.807, 2.05) is 0 Å². The van der Waals surface area contributed by atoms with E-state index in [-0.39, 0.29) is 6.04 Å². The van der Waals surface area contributed by atoms with Gasteiger partial charge in [0.05, 0.1) is 6.10 Å². The van der Waals surface area contributed by atoms with Crippen molar-refractivity contribution in [3.63, 3.8) is 0 Å². The Labute approximate surface area is 112 Å². The van der Waals surface area contributed by atoms with Gasteiger partial charge < -0.3 is 10.2 Å². The van der Waals surface area contributed by atoms with Crippen molar-refractivity contribution in [2.24, 2.45) is 17.8 Å². The van der Waals surface area contributed by atoms with Gasteiger partial charge in [0, 0.05) is 6.04 Å². The standard InChI is InChI=1S/C15H31NO2/c1-5-12-7-6-8-13(9-12)15(18)16-14(10(2)3)11(4)17/h10-18H,5-9H2,1-4H3/t11?,12-,13?,14+,15?/m0/s1. The Bertz CT molecular complexity index is 223. The molecule has 0 saturated heterocycles. The molecule has 0 aromatic carbocycles. The highest BCUT2D eigenvalue weighted by Crippen LogP contribution is 2.32. The molecule has 3 nitrogen and oxygen atoms in total. The first kappa shape index (κ1) is 15.9. The zero-order chi connectivity index (χ0) is 13.7. The molecule has 18 heavy (non-hydrogen) atoms. The van der Waals surface area contributed by atoms with Crippen LogP contribution in [0.3, 0.4) is 0 Å². The molecule has 1 aliphatic carbocycles. The van der Waals surface area contributed by atoms with Gasteiger partial charge in [-0.15, -0.1) is 0 Å². The van der Waals surface area contributed by atoms with Gasteiger partial charge in [0.25, 0.3) is 0 Å². The van der Waals surface area contributed by atoms with E-state index in [1.165, 1.54) is 19.3 Å². The van der Waals surface area contributed by atoms with Gasteiger partial charge in [-0.1, -0.05) is 40.0 Å². The predicted octanol–water partition coefficient (Wildman–Crippen LogP) is 2.52. The van der Waals surface area contributed by atoms with E-state index in [2.05, 4.69) is 26.1 Å². The van der Waals surface area contributed by atoms with Gasteiger partial charge in [-0.05, 0) is 37.5 Å². The third-order valence-corrected chi connectivity index (χ3v) is 4.45. The number of nitrogens with one attached hydrogen (secondary N) is 1. The molecular weight excluding hydrogens is 226 g/mol. The second kappa shape index (κ2) is 7.46. The van der Waals surface area contributed by atoms with Gasteiger partial charge in [-0.2, -0.15) is 0 Å². The zero-order valence-electron chi connectivity index (χ0n) is 12.4. The molecule has 0 aliphatic heterocycles. The fourth-order valence-corrected chi connectivity index (χ4v) is 3.21. The predicted molar refractivity (Wildman–Crippen MR) is 75.2 cm³/mol. The third-order valence-electron chi connectivity index (χ3n) is 4.45. The average molecular weight is 257 g/mol. The topological polar surface area (TPSA) is 52.5 Å². The van der Waals surface area contributed by atoms with Crippen molar-refractivity contribution < 1.29 is 10.2 Å². The van der Waals surface area contributed by atoms with E-state index < -0.39 is 12.3 Å². The van der Waals surface area contributed by atoms with Crippen molar-refractivity contribution in [3.05, 3.63) is 0 Å². The van der Waals surface area contributed by atoms with Crippen molar-refractivity contribution >= 4 is 0 Å². The van der Waals surface area contributed by atoms with E-state index in [4.69, 9.17) is 0 Å². The molecule has 1 saturated carbocycles. The second-order valence-electron chi connectivity index (χ2n) is 6.32. The fourth-order valence-electron chi connectivity index (χ4n) is 3.21. The maximum Gasteiger partial charge on any atom is 0.108 e. The number of aliphatic hydroxyl groups is 2. The Hall–Kier alpha value is -0.120. The van der Waals surface area contributed by atoms with Crippen LogP contribution in [0.5, 0.6) is 0 Å². The van der Waals surface area contributed by atoms with Crippen LogP contribution in [0.2, 0.25) is 0 Å². The number of hydrogen-bond acceptors (Lipinski definition) is 3. The van der Waals surface area contributed by atoms with Gasteiger partial charge in [-0.25, -0.2) is 0 Å². The van der Waals surface area contributed by atoms with E-state index >= 15 is 0 Å². The van der Waals surface area contributed by atoms with Gasteiger partial charge in [0.15, 0.2) is 0 Å². The highest BCUT2D eigenvalue weighted by Gasteiger charge is 2.29. The maximum absolute atomic E-state index is 10.3. The summed E-state index contributed by atoms with van der Waals surface area (Å²) in [4.78, 5) is 0. The first-order valence-corrected chi connectivity index (χ1v) is 7.57. The number of hydrogen-bond donors (Lipinski definition) is 3. The molecule has 3 unspecified atom stereocenters. The Balaban J connectivity index is 2.50. The number of rotatable bonds is 6. The minimum absolute atomic E-state index is 0.0259. The van der Waals surface area contributed by atoms with Crippen LogP contribution in [-0.2, 0) is 0 Å². The SMILES string of the molecule is CC[C@H]1CCCC(C(O)N[C@H](C(C)C)C(C)O)C1.